The van der Waals surface area contributed by atoms with Crippen LogP contribution in [0.1, 0.15) is 53.8 Å². The fourth-order valence-corrected chi connectivity index (χ4v) is 2.91. The lowest BCUT2D eigenvalue weighted by Gasteiger charge is -2.33. The molecule has 5 N–H and O–H groups in total. The minimum Gasteiger partial charge on any atom is -0.382 e. The van der Waals surface area contributed by atoms with E-state index >= 15 is 0 Å². The van der Waals surface area contributed by atoms with E-state index in [1.54, 1.807) is 12.1 Å². The number of rotatable bonds is 4. The summed E-state index contributed by atoms with van der Waals surface area (Å²) in [6, 6.07) is 5.14. The largest absolute Gasteiger partial charge is 0.382 e. The molecular weight excluding hydrogens is 266 g/mol. The van der Waals surface area contributed by atoms with Gasteiger partial charge in [0.2, 0.25) is 11.8 Å². The SMILES string of the molecule is CC1CCC(Nc2cc(C(N)=O)cc(C(N)=O)c2)CC1C. The first-order valence-corrected chi connectivity index (χ1v) is 7.38. The average molecular weight is 289 g/mol. The van der Waals surface area contributed by atoms with Crippen molar-refractivity contribution < 1.29 is 9.59 Å². The fourth-order valence-electron chi connectivity index (χ4n) is 2.91. The maximum atomic E-state index is 11.4. The van der Waals surface area contributed by atoms with Gasteiger partial charge in [-0.05, 0) is 49.3 Å². The number of carbonyl (C=O) groups excluding carboxylic acids is 2. The van der Waals surface area contributed by atoms with Gasteiger partial charge in [-0.3, -0.25) is 9.59 Å². The molecule has 1 aliphatic rings. The molecule has 2 amide bonds. The molecule has 1 fully saturated rings. The Morgan fingerprint density at radius 1 is 1.00 bits per heavy atom. The number of hydrogen-bond acceptors (Lipinski definition) is 3. The molecule has 1 aromatic carbocycles. The van der Waals surface area contributed by atoms with Gasteiger partial charge in [0.25, 0.3) is 0 Å². The van der Waals surface area contributed by atoms with Crippen LogP contribution in [0.3, 0.4) is 0 Å². The summed E-state index contributed by atoms with van der Waals surface area (Å²) >= 11 is 0. The molecule has 5 heteroatoms. The summed E-state index contributed by atoms with van der Waals surface area (Å²) in [6.45, 7) is 4.53. The summed E-state index contributed by atoms with van der Waals surface area (Å²) in [5, 5.41) is 3.41. The van der Waals surface area contributed by atoms with Crippen molar-refractivity contribution in [2.45, 2.75) is 39.2 Å². The van der Waals surface area contributed by atoms with Crippen molar-refractivity contribution in [2.24, 2.45) is 23.3 Å². The van der Waals surface area contributed by atoms with Gasteiger partial charge < -0.3 is 16.8 Å². The van der Waals surface area contributed by atoms with Gasteiger partial charge in [-0.2, -0.15) is 0 Å². The summed E-state index contributed by atoms with van der Waals surface area (Å²) in [4.78, 5) is 22.7. The molecule has 114 valence electrons. The molecule has 0 bridgehead atoms. The lowest BCUT2D eigenvalue weighted by Crippen LogP contribution is -2.30. The molecule has 1 aliphatic carbocycles. The highest BCUT2D eigenvalue weighted by molar-refractivity contribution is 5.99. The fraction of sp³-hybridized carbons (Fsp3) is 0.500. The van der Waals surface area contributed by atoms with Crippen LogP contribution in [0.15, 0.2) is 18.2 Å². The summed E-state index contributed by atoms with van der Waals surface area (Å²) in [6.07, 6.45) is 3.34. The molecular formula is C16H23N3O2. The van der Waals surface area contributed by atoms with E-state index in [1.807, 2.05) is 0 Å². The van der Waals surface area contributed by atoms with Gasteiger partial charge in [0, 0.05) is 22.9 Å². The number of benzene rings is 1. The molecule has 0 radical (unpaired) electrons. The van der Waals surface area contributed by atoms with Crippen LogP contribution in [-0.2, 0) is 0 Å². The lowest BCUT2D eigenvalue weighted by molar-refractivity contribution is 0.0999. The predicted molar refractivity (Wildman–Crippen MR) is 83.1 cm³/mol. The Kier molecular flexibility index (Phi) is 4.50. The van der Waals surface area contributed by atoms with Crippen LogP contribution < -0.4 is 16.8 Å². The molecule has 0 aromatic heterocycles. The van der Waals surface area contributed by atoms with Gasteiger partial charge >= 0.3 is 0 Å². The molecule has 3 atom stereocenters. The van der Waals surface area contributed by atoms with E-state index in [0.717, 1.165) is 24.4 Å². The number of primary amides is 2. The molecule has 0 saturated heterocycles. The van der Waals surface area contributed by atoms with Crippen molar-refractivity contribution >= 4 is 17.5 Å². The minimum absolute atomic E-state index is 0.297. The second-order valence-corrected chi connectivity index (χ2v) is 6.14. The number of nitrogens with two attached hydrogens (primary N) is 2. The van der Waals surface area contributed by atoms with E-state index in [2.05, 4.69) is 19.2 Å². The van der Waals surface area contributed by atoms with Crippen LogP contribution in [0.5, 0.6) is 0 Å². The van der Waals surface area contributed by atoms with Gasteiger partial charge in [-0.1, -0.05) is 13.8 Å². The number of carbonyl (C=O) groups is 2. The predicted octanol–water partition coefficient (Wildman–Crippen LogP) is 2.12. The van der Waals surface area contributed by atoms with Crippen LogP contribution in [0.25, 0.3) is 0 Å². The van der Waals surface area contributed by atoms with Crippen molar-refractivity contribution in [3.63, 3.8) is 0 Å². The van der Waals surface area contributed by atoms with Crippen LogP contribution in [0, 0.1) is 11.8 Å². The van der Waals surface area contributed by atoms with Gasteiger partial charge in [-0.15, -0.1) is 0 Å². The first-order valence-electron chi connectivity index (χ1n) is 7.38. The van der Waals surface area contributed by atoms with E-state index < -0.39 is 11.8 Å². The molecule has 0 aliphatic heterocycles. The normalized spacial score (nSPS) is 25.3. The Morgan fingerprint density at radius 3 is 2.05 bits per heavy atom. The van der Waals surface area contributed by atoms with Gasteiger partial charge in [-0.25, -0.2) is 0 Å². The number of nitrogens with one attached hydrogen (secondary N) is 1. The maximum Gasteiger partial charge on any atom is 0.248 e. The standard InChI is InChI=1S/C16H23N3O2/c1-9-3-4-13(5-10(9)2)19-14-7-11(15(17)20)6-12(8-14)16(18)21/h6-10,13,19H,3-5H2,1-2H3,(H2,17,20)(H2,18,21). The number of anilines is 1. The Morgan fingerprint density at radius 2 is 1.57 bits per heavy atom. The molecule has 5 nitrogen and oxygen atoms in total. The highest BCUT2D eigenvalue weighted by Crippen LogP contribution is 2.31. The van der Waals surface area contributed by atoms with E-state index in [9.17, 15) is 9.59 Å². The Bertz CT molecular complexity index is 524. The molecule has 0 spiro atoms. The molecule has 3 unspecified atom stereocenters. The van der Waals surface area contributed by atoms with Crippen molar-refractivity contribution in [1.82, 2.24) is 0 Å². The Balaban J connectivity index is 2.19. The topological polar surface area (TPSA) is 98.2 Å². The lowest BCUT2D eigenvalue weighted by atomic mass is 9.79. The second kappa shape index (κ2) is 6.16. The third-order valence-electron chi connectivity index (χ3n) is 4.47. The smallest absolute Gasteiger partial charge is 0.248 e. The molecule has 1 saturated carbocycles. The molecule has 0 heterocycles. The van der Waals surface area contributed by atoms with Crippen molar-refractivity contribution in [2.75, 3.05) is 5.32 Å². The van der Waals surface area contributed by atoms with Crippen molar-refractivity contribution in [3.8, 4) is 0 Å². The van der Waals surface area contributed by atoms with Crippen molar-refractivity contribution in [3.05, 3.63) is 29.3 Å². The van der Waals surface area contributed by atoms with Gasteiger partial charge in [0.05, 0.1) is 0 Å². The maximum absolute atomic E-state index is 11.4. The van der Waals surface area contributed by atoms with Gasteiger partial charge in [0.1, 0.15) is 0 Å². The first-order chi connectivity index (χ1) is 9.86. The average Bonchev–Trinajstić information content (AvgIpc) is 2.42. The minimum atomic E-state index is -0.563. The zero-order valence-electron chi connectivity index (χ0n) is 12.6. The van der Waals surface area contributed by atoms with E-state index in [-0.39, 0.29) is 0 Å². The summed E-state index contributed by atoms with van der Waals surface area (Å²) in [5.41, 5.74) is 11.9. The Labute approximate surface area is 125 Å². The molecule has 2 rings (SSSR count). The van der Waals surface area contributed by atoms with Crippen molar-refractivity contribution in [1.29, 1.82) is 0 Å². The third-order valence-corrected chi connectivity index (χ3v) is 4.47. The third kappa shape index (κ3) is 3.74. The van der Waals surface area contributed by atoms with E-state index in [1.165, 1.54) is 12.5 Å². The van der Waals surface area contributed by atoms with E-state index in [4.69, 9.17) is 11.5 Å². The summed E-state index contributed by atoms with van der Waals surface area (Å²) < 4.78 is 0. The first kappa shape index (κ1) is 15.4. The highest BCUT2D eigenvalue weighted by Gasteiger charge is 2.24. The highest BCUT2D eigenvalue weighted by atomic mass is 16.1. The zero-order chi connectivity index (χ0) is 15.6. The number of hydrogen-bond donors (Lipinski definition) is 3. The number of amides is 2. The summed E-state index contributed by atoms with van der Waals surface area (Å²) in [7, 11) is 0. The summed E-state index contributed by atoms with van der Waals surface area (Å²) in [5.74, 6) is 0.269. The monoisotopic (exact) mass is 289 g/mol. The van der Waals surface area contributed by atoms with E-state index in [0.29, 0.717) is 23.1 Å². The zero-order valence-corrected chi connectivity index (χ0v) is 12.6. The van der Waals surface area contributed by atoms with Crippen LogP contribution >= 0.6 is 0 Å². The van der Waals surface area contributed by atoms with Gasteiger partial charge in [0.15, 0.2) is 0 Å². The van der Waals surface area contributed by atoms with Crippen LogP contribution in [-0.4, -0.2) is 17.9 Å². The molecule has 21 heavy (non-hydrogen) atoms. The van der Waals surface area contributed by atoms with Crippen LogP contribution in [0.2, 0.25) is 0 Å². The molecule has 1 aromatic rings. The Hall–Kier alpha value is -2.04. The quantitative estimate of drug-likeness (QED) is 0.791. The second-order valence-electron chi connectivity index (χ2n) is 6.14. The van der Waals surface area contributed by atoms with Crippen LogP contribution in [0.4, 0.5) is 5.69 Å².